The molecule has 2 N–H and O–H groups in total. The number of nitrogens with one attached hydrogen (secondary N) is 1. The second kappa shape index (κ2) is 9.78. The first kappa shape index (κ1) is 22.0. The van der Waals surface area contributed by atoms with Crippen molar-refractivity contribution >= 4 is 23.4 Å². The van der Waals surface area contributed by atoms with E-state index in [4.69, 9.17) is 0 Å². The van der Waals surface area contributed by atoms with Crippen molar-refractivity contribution in [1.29, 1.82) is 0 Å². The summed E-state index contributed by atoms with van der Waals surface area (Å²) in [4.78, 5) is 29.7. The second-order valence-corrected chi connectivity index (χ2v) is 7.97. The highest BCUT2D eigenvalue weighted by molar-refractivity contribution is 7.99. The van der Waals surface area contributed by atoms with E-state index in [1.807, 2.05) is 58.9 Å². The number of amides is 1. The van der Waals surface area contributed by atoms with E-state index < -0.39 is 0 Å². The fraction of sp³-hybridized carbons (Fsp3) is 0.476. The summed E-state index contributed by atoms with van der Waals surface area (Å²) >= 11 is 1.16. The van der Waals surface area contributed by atoms with Crippen LogP contribution in [-0.4, -0.2) is 26.3 Å². The van der Waals surface area contributed by atoms with Gasteiger partial charge in [-0.15, -0.1) is 0 Å². The predicted molar refractivity (Wildman–Crippen MR) is 114 cm³/mol. The van der Waals surface area contributed by atoms with Gasteiger partial charge < -0.3 is 10.4 Å². The summed E-state index contributed by atoms with van der Waals surface area (Å²) in [6.45, 7) is 9.73. The molecular weight excluding hydrogens is 374 g/mol. The molecule has 2 atom stereocenters. The highest BCUT2D eigenvalue weighted by atomic mass is 32.2. The molecule has 6 nitrogen and oxygen atoms in total. The molecule has 0 bridgehead atoms. The standard InChI is InChI=1S/C21H29N3O3S/c1-6-13(3)18-19(26)23-21(24(20(18)27)15(5)7-2)28-12-17(25)22-16-11-9-8-10-14(16)4/h8-11,13,15,26H,6-7,12H2,1-5H3,(H,22,25)/t13-,15+/m1/s1. The van der Waals surface area contributed by atoms with Gasteiger partial charge in [0.15, 0.2) is 5.16 Å². The third-order valence-electron chi connectivity index (χ3n) is 4.99. The first-order valence-electron chi connectivity index (χ1n) is 9.63. The zero-order valence-electron chi connectivity index (χ0n) is 17.2. The zero-order chi connectivity index (χ0) is 20.8. The van der Waals surface area contributed by atoms with Gasteiger partial charge in [-0.1, -0.05) is 50.7 Å². The Labute approximate surface area is 170 Å². The van der Waals surface area contributed by atoms with E-state index in [0.717, 1.165) is 35.9 Å². The maximum atomic E-state index is 13.0. The number of para-hydroxylation sites is 1. The number of benzene rings is 1. The molecule has 0 spiro atoms. The number of aryl methyl sites for hydroxylation is 1. The first-order valence-corrected chi connectivity index (χ1v) is 10.6. The Hall–Kier alpha value is -2.28. The molecule has 0 unspecified atom stereocenters. The molecule has 152 valence electrons. The lowest BCUT2D eigenvalue weighted by Crippen LogP contribution is -2.30. The van der Waals surface area contributed by atoms with Gasteiger partial charge >= 0.3 is 0 Å². The van der Waals surface area contributed by atoms with Crippen molar-refractivity contribution in [2.24, 2.45) is 0 Å². The fourth-order valence-electron chi connectivity index (χ4n) is 2.85. The van der Waals surface area contributed by atoms with Gasteiger partial charge in [0.05, 0.1) is 11.3 Å². The van der Waals surface area contributed by atoms with Gasteiger partial charge in [-0.25, -0.2) is 0 Å². The lowest BCUT2D eigenvalue weighted by molar-refractivity contribution is -0.113. The molecule has 1 amide bonds. The molecule has 0 aliphatic carbocycles. The first-order chi connectivity index (χ1) is 13.3. The summed E-state index contributed by atoms with van der Waals surface area (Å²) in [5.74, 6) is -0.409. The maximum absolute atomic E-state index is 13.0. The van der Waals surface area contributed by atoms with E-state index >= 15 is 0 Å². The fourth-order valence-corrected chi connectivity index (χ4v) is 3.74. The second-order valence-electron chi connectivity index (χ2n) is 7.03. The van der Waals surface area contributed by atoms with Crippen LogP contribution in [0.25, 0.3) is 0 Å². The van der Waals surface area contributed by atoms with E-state index in [9.17, 15) is 14.7 Å². The summed E-state index contributed by atoms with van der Waals surface area (Å²) in [5.41, 5.74) is 1.86. The maximum Gasteiger partial charge on any atom is 0.261 e. The van der Waals surface area contributed by atoms with Crippen LogP contribution in [0.15, 0.2) is 34.2 Å². The Morgan fingerprint density at radius 3 is 2.54 bits per heavy atom. The molecule has 28 heavy (non-hydrogen) atoms. The monoisotopic (exact) mass is 403 g/mol. The van der Waals surface area contributed by atoms with Crippen molar-refractivity contribution in [1.82, 2.24) is 9.55 Å². The molecule has 2 aromatic rings. The number of carbonyl (C=O) groups is 1. The molecule has 0 fully saturated rings. The largest absolute Gasteiger partial charge is 0.493 e. The number of carbonyl (C=O) groups excluding carboxylic acids is 1. The third-order valence-corrected chi connectivity index (χ3v) is 5.94. The molecule has 1 heterocycles. The molecule has 0 saturated heterocycles. The van der Waals surface area contributed by atoms with Gasteiger partial charge in [0.2, 0.25) is 11.8 Å². The number of aromatic nitrogens is 2. The average molecular weight is 404 g/mol. The Morgan fingerprint density at radius 1 is 1.25 bits per heavy atom. The molecular formula is C21H29N3O3S. The molecule has 1 aromatic heterocycles. The van der Waals surface area contributed by atoms with Crippen LogP contribution in [0.2, 0.25) is 0 Å². The third kappa shape index (κ3) is 4.95. The van der Waals surface area contributed by atoms with Crippen LogP contribution in [-0.2, 0) is 4.79 Å². The molecule has 0 saturated carbocycles. The smallest absolute Gasteiger partial charge is 0.261 e. The van der Waals surface area contributed by atoms with Gasteiger partial charge in [0.1, 0.15) is 0 Å². The zero-order valence-corrected chi connectivity index (χ0v) is 18.0. The molecule has 7 heteroatoms. The highest BCUT2D eigenvalue weighted by Gasteiger charge is 2.23. The van der Waals surface area contributed by atoms with Gasteiger partial charge in [-0.05, 0) is 44.2 Å². The Morgan fingerprint density at radius 2 is 1.93 bits per heavy atom. The van der Waals surface area contributed by atoms with Crippen LogP contribution in [0, 0.1) is 6.92 Å². The molecule has 0 aliphatic heterocycles. The van der Waals surface area contributed by atoms with E-state index in [1.54, 1.807) is 4.57 Å². The minimum atomic E-state index is -0.235. The minimum absolute atomic E-state index is 0.0784. The minimum Gasteiger partial charge on any atom is -0.493 e. The van der Waals surface area contributed by atoms with Gasteiger partial charge in [0.25, 0.3) is 5.56 Å². The van der Waals surface area contributed by atoms with E-state index in [2.05, 4.69) is 10.3 Å². The van der Waals surface area contributed by atoms with Crippen LogP contribution >= 0.6 is 11.8 Å². The summed E-state index contributed by atoms with van der Waals surface area (Å²) in [6, 6.07) is 7.47. The van der Waals surface area contributed by atoms with Crippen LogP contribution in [0.5, 0.6) is 5.88 Å². The normalized spacial score (nSPS) is 13.2. The SMILES string of the molecule is CC[C@@H](C)c1c(O)nc(SCC(=O)Nc2ccccc2C)n([C@@H](C)CC)c1=O. The number of hydrogen-bond acceptors (Lipinski definition) is 5. The van der Waals surface area contributed by atoms with Crippen LogP contribution in [0.3, 0.4) is 0 Å². The van der Waals surface area contributed by atoms with E-state index in [-0.39, 0.29) is 35.1 Å². The van der Waals surface area contributed by atoms with Crippen molar-refractivity contribution in [2.75, 3.05) is 11.1 Å². The average Bonchev–Trinajstić information content (AvgIpc) is 2.67. The lowest BCUT2D eigenvalue weighted by Gasteiger charge is -2.20. The van der Waals surface area contributed by atoms with E-state index in [1.165, 1.54) is 0 Å². The van der Waals surface area contributed by atoms with Gasteiger partial charge in [-0.2, -0.15) is 4.98 Å². The Bertz CT molecular complexity index is 895. The topological polar surface area (TPSA) is 84.2 Å². The number of aromatic hydroxyl groups is 1. The lowest BCUT2D eigenvalue weighted by atomic mass is 10.0. The van der Waals surface area contributed by atoms with Crippen LogP contribution in [0.4, 0.5) is 5.69 Å². The number of nitrogens with zero attached hydrogens (tertiary/aromatic N) is 2. The molecule has 1 aromatic carbocycles. The summed E-state index contributed by atoms with van der Waals surface area (Å²) in [6.07, 6.45) is 1.48. The molecule has 0 aliphatic rings. The number of thioether (sulfide) groups is 1. The number of anilines is 1. The van der Waals surface area contributed by atoms with Crippen molar-refractivity contribution in [2.45, 2.75) is 64.6 Å². The van der Waals surface area contributed by atoms with Gasteiger partial charge in [-0.3, -0.25) is 14.2 Å². The molecule has 2 rings (SSSR count). The van der Waals surface area contributed by atoms with Crippen molar-refractivity contribution in [3.05, 3.63) is 45.7 Å². The predicted octanol–water partition coefficient (Wildman–Crippen LogP) is 4.47. The van der Waals surface area contributed by atoms with E-state index in [0.29, 0.717) is 10.7 Å². The Balaban J connectivity index is 2.28. The highest BCUT2D eigenvalue weighted by Crippen LogP contribution is 2.28. The van der Waals surface area contributed by atoms with Crippen LogP contribution < -0.4 is 10.9 Å². The van der Waals surface area contributed by atoms with Crippen LogP contribution in [0.1, 0.15) is 63.6 Å². The van der Waals surface area contributed by atoms with Crippen molar-refractivity contribution < 1.29 is 9.90 Å². The quantitative estimate of drug-likeness (QED) is 0.502. The summed E-state index contributed by atoms with van der Waals surface area (Å²) < 4.78 is 1.60. The number of hydrogen-bond donors (Lipinski definition) is 2. The number of rotatable bonds is 8. The van der Waals surface area contributed by atoms with Crippen molar-refractivity contribution in [3.63, 3.8) is 0 Å². The van der Waals surface area contributed by atoms with Gasteiger partial charge in [0, 0.05) is 11.7 Å². The molecule has 0 radical (unpaired) electrons. The Kier molecular flexibility index (Phi) is 7.69. The summed E-state index contributed by atoms with van der Waals surface area (Å²) in [5, 5.41) is 13.6. The van der Waals surface area contributed by atoms with Crippen molar-refractivity contribution in [3.8, 4) is 5.88 Å². The summed E-state index contributed by atoms with van der Waals surface area (Å²) in [7, 11) is 0.